The number of hydrogen-bond donors (Lipinski definition) is 0. The lowest BCUT2D eigenvalue weighted by molar-refractivity contribution is -0.660. The van der Waals surface area contributed by atoms with Crippen LogP contribution in [0.1, 0.15) is 34.7 Å². The number of fused-ring (bicyclic) bond motifs is 7. The molecular formula is C29H25N2O+. The Balaban J connectivity index is 1.76. The molecule has 3 nitrogen and oxygen atoms in total. The zero-order valence-corrected chi connectivity index (χ0v) is 17.6. The van der Waals surface area contributed by atoms with Gasteiger partial charge in [0, 0.05) is 45.8 Å². The normalized spacial score (nSPS) is 17.2. The van der Waals surface area contributed by atoms with Crippen molar-refractivity contribution in [2.75, 3.05) is 0 Å². The molecular weight excluding hydrogens is 392 g/mol. The Labute approximate surface area is 199 Å². The van der Waals surface area contributed by atoms with Gasteiger partial charge in [-0.2, -0.15) is 0 Å². The number of hydrogen-bond acceptors (Lipinski definition) is 2. The highest BCUT2D eigenvalue weighted by atomic mass is 16.3. The molecule has 0 spiro atoms. The van der Waals surface area contributed by atoms with Crippen LogP contribution in [0.4, 0.5) is 0 Å². The first-order chi connectivity index (χ1) is 19.1. The molecule has 0 bridgehead atoms. The standard InChI is InChI=1S/C29H25N2O/c1-16-10-12-23-27-29(32-28(23)25(16)24-14-17(2)18(3)15-31(24)5)22-13-11-20-8-6-7-9-21(20)26(22)19(4)30-27/h6-15H,1-5H3/q+1/i2D3,3D3,4D3. The molecule has 0 unspecified atom stereocenters. The quantitative estimate of drug-likeness (QED) is 0.209. The van der Waals surface area contributed by atoms with Crippen LogP contribution >= 0.6 is 0 Å². The largest absolute Gasteiger partial charge is 0.453 e. The van der Waals surface area contributed by atoms with Crippen LogP contribution in [0.25, 0.3) is 54.9 Å². The molecule has 6 aromatic rings. The van der Waals surface area contributed by atoms with Crippen LogP contribution in [0, 0.1) is 27.5 Å². The first kappa shape index (κ1) is 11.8. The molecule has 0 N–H and O–H groups in total. The number of rotatable bonds is 1. The van der Waals surface area contributed by atoms with Crippen molar-refractivity contribution in [2.24, 2.45) is 7.05 Å². The van der Waals surface area contributed by atoms with Crippen LogP contribution < -0.4 is 4.57 Å². The number of benzene rings is 3. The summed E-state index contributed by atoms with van der Waals surface area (Å²) in [6.07, 6.45) is 1.33. The molecule has 3 heteroatoms. The Morgan fingerprint density at radius 1 is 0.844 bits per heavy atom. The van der Waals surface area contributed by atoms with Crippen LogP contribution in [0.3, 0.4) is 0 Å². The average Bonchev–Trinajstić information content (AvgIpc) is 3.25. The van der Waals surface area contributed by atoms with Gasteiger partial charge in [0.15, 0.2) is 17.4 Å². The summed E-state index contributed by atoms with van der Waals surface area (Å²) in [5, 5.41) is 3.28. The maximum Gasteiger partial charge on any atom is 0.216 e. The van der Waals surface area contributed by atoms with Gasteiger partial charge in [0.2, 0.25) is 5.69 Å². The Kier molecular flexibility index (Phi) is 2.44. The molecule has 3 heterocycles. The molecule has 32 heavy (non-hydrogen) atoms. The van der Waals surface area contributed by atoms with Crippen LogP contribution in [0.5, 0.6) is 0 Å². The van der Waals surface area contributed by atoms with E-state index in [4.69, 9.17) is 16.8 Å². The molecule has 0 saturated carbocycles. The maximum atomic E-state index is 8.30. The van der Waals surface area contributed by atoms with E-state index in [9.17, 15) is 0 Å². The van der Waals surface area contributed by atoms with Crippen molar-refractivity contribution in [1.82, 2.24) is 4.98 Å². The van der Waals surface area contributed by atoms with Gasteiger partial charge in [0.1, 0.15) is 12.6 Å². The number of aromatic nitrogens is 2. The summed E-state index contributed by atoms with van der Waals surface area (Å²) in [5.41, 5.74) is 2.42. The summed E-state index contributed by atoms with van der Waals surface area (Å²) in [5.74, 6) is 0. The molecule has 6 rings (SSSR count). The maximum absolute atomic E-state index is 8.30. The summed E-state index contributed by atoms with van der Waals surface area (Å²) < 4.78 is 80.9. The van der Waals surface area contributed by atoms with Crippen molar-refractivity contribution < 1.29 is 21.3 Å². The topological polar surface area (TPSA) is 29.9 Å². The smallest absolute Gasteiger partial charge is 0.216 e. The zero-order valence-electron chi connectivity index (χ0n) is 26.6. The first-order valence-electron chi connectivity index (χ1n) is 14.8. The lowest BCUT2D eigenvalue weighted by Crippen LogP contribution is -2.31. The van der Waals surface area contributed by atoms with E-state index in [1.54, 1.807) is 11.6 Å². The second-order valence-corrected chi connectivity index (χ2v) is 8.18. The third-order valence-corrected chi connectivity index (χ3v) is 6.20. The number of nitrogens with zero attached hydrogens (tertiary/aromatic N) is 2. The minimum atomic E-state index is -2.67. The van der Waals surface area contributed by atoms with E-state index >= 15 is 0 Å². The van der Waals surface area contributed by atoms with Crippen LogP contribution in [-0.2, 0) is 7.05 Å². The second-order valence-electron chi connectivity index (χ2n) is 8.18. The summed E-state index contributed by atoms with van der Waals surface area (Å²) in [4.78, 5) is 4.68. The minimum Gasteiger partial charge on any atom is -0.453 e. The van der Waals surface area contributed by atoms with E-state index in [0.29, 0.717) is 44.1 Å². The van der Waals surface area contributed by atoms with Gasteiger partial charge in [-0.1, -0.05) is 36.4 Å². The molecule has 0 aliphatic carbocycles. The van der Waals surface area contributed by atoms with Crippen molar-refractivity contribution in [2.45, 2.75) is 27.5 Å². The van der Waals surface area contributed by atoms with E-state index < -0.39 is 20.6 Å². The fraction of sp³-hybridized carbons (Fsp3) is 0.172. The molecule has 0 saturated heterocycles. The van der Waals surface area contributed by atoms with Gasteiger partial charge in [-0.05, 0) is 61.5 Å². The molecule has 0 fully saturated rings. The molecule has 0 aliphatic heterocycles. The zero-order chi connectivity index (χ0) is 29.6. The number of pyridine rings is 2. The summed E-state index contributed by atoms with van der Waals surface area (Å²) >= 11 is 0. The van der Waals surface area contributed by atoms with Crippen LogP contribution in [-0.4, -0.2) is 4.98 Å². The lowest BCUT2D eigenvalue weighted by Gasteiger charge is -2.07. The minimum absolute atomic E-state index is 0.0288. The van der Waals surface area contributed by atoms with Crippen molar-refractivity contribution in [1.29, 1.82) is 0 Å². The molecule has 3 aromatic carbocycles. The van der Waals surface area contributed by atoms with Crippen molar-refractivity contribution >= 4 is 43.6 Å². The fourth-order valence-corrected chi connectivity index (χ4v) is 4.64. The Hall–Kier alpha value is -3.72. The van der Waals surface area contributed by atoms with E-state index in [-0.39, 0.29) is 16.8 Å². The third-order valence-electron chi connectivity index (χ3n) is 6.20. The number of furan rings is 1. The van der Waals surface area contributed by atoms with E-state index in [1.807, 2.05) is 55.5 Å². The Bertz CT molecular complexity index is 2030. The SMILES string of the molecule is [2H]C([2H])([2H])c1cc(-c2c(C)ccc3c2oc2c4ccc5ccccc5c4c(C([2H])([2H])[2H])nc32)[n+](C)cc1C([2H])([2H])[2H]. The summed E-state index contributed by atoms with van der Waals surface area (Å²) in [7, 11) is 1.65. The van der Waals surface area contributed by atoms with Gasteiger partial charge in [0.05, 0.1) is 5.56 Å². The van der Waals surface area contributed by atoms with Gasteiger partial charge in [-0.3, -0.25) is 0 Å². The highest BCUT2D eigenvalue weighted by molar-refractivity contribution is 6.20. The van der Waals surface area contributed by atoms with Gasteiger partial charge in [-0.15, -0.1) is 0 Å². The summed E-state index contributed by atoms with van der Waals surface area (Å²) in [6.45, 7) is -5.95. The van der Waals surface area contributed by atoms with E-state index in [0.717, 1.165) is 16.3 Å². The molecule has 0 aliphatic rings. The third kappa shape index (κ3) is 2.54. The molecule has 3 aromatic heterocycles. The van der Waals surface area contributed by atoms with Gasteiger partial charge >= 0.3 is 0 Å². The highest BCUT2D eigenvalue weighted by Crippen LogP contribution is 2.40. The second kappa shape index (κ2) is 6.64. The molecule has 0 radical (unpaired) electrons. The van der Waals surface area contributed by atoms with Gasteiger partial charge in [-0.25, -0.2) is 9.55 Å². The van der Waals surface area contributed by atoms with E-state index in [2.05, 4.69) is 4.98 Å². The van der Waals surface area contributed by atoms with Gasteiger partial charge < -0.3 is 4.42 Å². The lowest BCUT2D eigenvalue weighted by atomic mass is 9.98. The Morgan fingerprint density at radius 2 is 1.69 bits per heavy atom. The molecule has 0 amide bonds. The van der Waals surface area contributed by atoms with Crippen LogP contribution in [0.15, 0.2) is 65.2 Å². The van der Waals surface area contributed by atoms with Gasteiger partial charge in [0.25, 0.3) is 0 Å². The molecule has 156 valence electrons. The average molecular weight is 427 g/mol. The summed E-state index contributed by atoms with van der Waals surface area (Å²) in [6, 6.07) is 16.3. The predicted octanol–water partition coefficient (Wildman–Crippen LogP) is 7.01. The number of aryl methyl sites for hydroxylation is 5. The fourth-order valence-electron chi connectivity index (χ4n) is 4.64. The Morgan fingerprint density at radius 3 is 2.53 bits per heavy atom. The van der Waals surface area contributed by atoms with Crippen molar-refractivity contribution in [3.63, 3.8) is 0 Å². The van der Waals surface area contributed by atoms with Crippen molar-refractivity contribution in [3.05, 3.63) is 83.2 Å². The molecule has 0 atom stereocenters. The monoisotopic (exact) mass is 426 g/mol. The van der Waals surface area contributed by atoms with Crippen molar-refractivity contribution in [3.8, 4) is 11.3 Å². The first-order valence-corrected chi connectivity index (χ1v) is 10.3. The van der Waals surface area contributed by atoms with Crippen LogP contribution in [0.2, 0.25) is 0 Å². The highest BCUT2D eigenvalue weighted by Gasteiger charge is 2.23. The van der Waals surface area contributed by atoms with E-state index in [1.165, 1.54) is 12.3 Å². The predicted molar refractivity (Wildman–Crippen MR) is 132 cm³/mol.